The Morgan fingerprint density at radius 3 is 1.31 bits per heavy atom. The quantitative estimate of drug-likeness (QED) is 0.0232. The van der Waals surface area contributed by atoms with Gasteiger partial charge in [-0.25, -0.2) is 4.57 Å². The molecular weight excluding hydrogens is 862 g/mol. The molecule has 0 radical (unpaired) electrons. The maximum absolute atomic E-state index is 12.7. The number of phosphoric ester groups is 1. The number of nitrogens with two attached hydrogens (primary N) is 1. The highest BCUT2D eigenvalue weighted by Crippen LogP contribution is 2.43. The van der Waals surface area contributed by atoms with Crippen LogP contribution < -0.4 is 5.73 Å². The number of ether oxygens (including phenoxy) is 2. The highest BCUT2D eigenvalue weighted by molar-refractivity contribution is 7.47. The van der Waals surface area contributed by atoms with Crippen molar-refractivity contribution in [1.82, 2.24) is 0 Å². The van der Waals surface area contributed by atoms with Gasteiger partial charge in [0.05, 0.1) is 19.8 Å². The number of carbonyl (C=O) groups is 2. The predicted molar refractivity (Wildman–Crippen MR) is 281 cm³/mol. The van der Waals surface area contributed by atoms with Crippen LogP contribution in [-0.2, 0) is 32.7 Å². The Morgan fingerprint density at radius 1 is 0.493 bits per heavy atom. The number of aliphatic carboxylic acids is 1. The molecule has 384 valence electrons. The summed E-state index contributed by atoms with van der Waals surface area (Å²) in [5.41, 5.74) is 5.37. The van der Waals surface area contributed by atoms with E-state index in [0.29, 0.717) is 19.4 Å². The zero-order valence-electron chi connectivity index (χ0n) is 42.2. The highest BCUT2D eigenvalue weighted by atomic mass is 31.2. The molecule has 11 heteroatoms. The first-order valence-corrected chi connectivity index (χ1v) is 27.8. The minimum Gasteiger partial charge on any atom is -0.480 e. The standard InChI is InChI=1S/C56H96NO9P/c1-3-5-7-9-11-13-15-17-19-21-23-25-27-28-30-32-34-36-38-40-42-44-46-48-55(58)66-53(51-64-67(61,62)65-52-54(57)56(59)60)50-63-49-47-45-43-41-39-37-35-33-31-29-26-24-22-20-18-16-14-12-10-8-6-4-2/h5,7,11,13,17,19,22-25,28,30,34,36,40,42,53-54H,3-4,6,8-10,12,14-16,18,20-21,26-27,29,31-33,35,37-39,41,43-52,57H2,1-2H3,(H,59,60)(H,61,62)/b7-5-,13-11-,19-17-,24-22-,25-23-,30-28-,36-34-,42-40-. The van der Waals surface area contributed by atoms with E-state index in [1.807, 2.05) is 6.08 Å². The Labute approximate surface area is 409 Å². The maximum atomic E-state index is 12.7. The van der Waals surface area contributed by atoms with Crippen LogP contribution in [0.1, 0.15) is 206 Å². The molecule has 0 amide bonds. The second-order valence-corrected chi connectivity index (χ2v) is 18.7. The molecule has 4 N–H and O–H groups in total. The summed E-state index contributed by atoms with van der Waals surface area (Å²) in [6, 6.07) is -1.49. The van der Waals surface area contributed by atoms with Gasteiger partial charge >= 0.3 is 19.8 Å². The number of esters is 1. The van der Waals surface area contributed by atoms with Gasteiger partial charge in [0, 0.05) is 13.0 Å². The lowest BCUT2D eigenvalue weighted by molar-refractivity contribution is -0.154. The first kappa shape index (κ1) is 63.9. The van der Waals surface area contributed by atoms with E-state index in [-0.39, 0.29) is 13.0 Å². The molecule has 0 aromatic rings. The van der Waals surface area contributed by atoms with Gasteiger partial charge in [0.2, 0.25) is 0 Å². The Kier molecular flexibility index (Phi) is 48.4. The molecule has 0 bridgehead atoms. The van der Waals surface area contributed by atoms with Gasteiger partial charge < -0.3 is 25.2 Å². The molecule has 0 aromatic carbocycles. The maximum Gasteiger partial charge on any atom is 0.472 e. The monoisotopic (exact) mass is 958 g/mol. The van der Waals surface area contributed by atoms with Crippen LogP contribution in [0.2, 0.25) is 0 Å². The lowest BCUT2D eigenvalue weighted by Gasteiger charge is -2.20. The third-order valence-electron chi connectivity index (χ3n) is 10.8. The van der Waals surface area contributed by atoms with E-state index in [4.69, 9.17) is 29.4 Å². The number of carboxylic acids is 1. The summed E-state index contributed by atoms with van der Waals surface area (Å²) in [5, 5.41) is 8.93. The van der Waals surface area contributed by atoms with Crippen LogP contribution in [0.25, 0.3) is 0 Å². The Morgan fingerprint density at radius 2 is 0.866 bits per heavy atom. The van der Waals surface area contributed by atoms with Crippen molar-refractivity contribution in [3.05, 3.63) is 97.2 Å². The molecule has 67 heavy (non-hydrogen) atoms. The smallest absolute Gasteiger partial charge is 0.472 e. The Hall–Kier alpha value is -3.11. The Balaban J connectivity index is 4.26. The number of unbranched alkanes of at least 4 members (excludes halogenated alkanes) is 19. The minimum absolute atomic E-state index is 0.0126. The molecule has 0 aliphatic heterocycles. The fraction of sp³-hybridized carbons (Fsp3) is 0.679. The van der Waals surface area contributed by atoms with Gasteiger partial charge in [0.1, 0.15) is 12.1 Å². The van der Waals surface area contributed by atoms with Crippen LogP contribution in [0.15, 0.2) is 97.2 Å². The zero-order valence-corrected chi connectivity index (χ0v) is 43.1. The third kappa shape index (κ3) is 50.6. The third-order valence-corrected chi connectivity index (χ3v) is 11.8. The molecule has 0 fully saturated rings. The SMILES string of the molecule is CC/C=C\C/C=C\C/C=C\C/C=C\C/C=C\C/C=C\C/C=C\CCCC(=O)OC(COCCCCCCCCCCCC/C=C\CCCCCCCCCC)COP(=O)(O)OCC(N)C(=O)O. The number of allylic oxidation sites excluding steroid dienone is 16. The van der Waals surface area contributed by atoms with Crippen LogP contribution in [0.4, 0.5) is 0 Å². The summed E-state index contributed by atoms with van der Waals surface area (Å²) in [4.78, 5) is 33.7. The van der Waals surface area contributed by atoms with E-state index >= 15 is 0 Å². The first-order valence-electron chi connectivity index (χ1n) is 26.3. The predicted octanol–water partition coefficient (Wildman–Crippen LogP) is 15.7. The van der Waals surface area contributed by atoms with Crippen molar-refractivity contribution in [2.45, 2.75) is 219 Å². The van der Waals surface area contributed by atoms with Crippen molar-refractivity contribution in [3.63, 3.8) is 0 Å². The second kappa shape index (κ2) is 50.8. The fourth-order valence-electron chi connectivity index (χ4n) is 6.82. The van der Waals surface area contributed by atoms with Crippen molar-refractivity contribution in [1.29, 1.82) is 0 Å². The molecule has 0 saturated heterocycles. The van der Waals surface area contributed by atoms with Crippen molar-refractivity contribution in [2.24, 2.45) is 5.73 Å². The summed E-state index contributed by atoms with van der Waals surface area (Å²) >= 11 is 0. The molecule has 0 aromatic heterocycles. The molecule has 0 rings (SSSR count). The van der Waals surface area contributed by atoms with Gasteiger partial charge in [-0.05, 0) is 89.9 Å². The van der Waals surface area contributed by atoms with Crippen LogP contribution in [0.5, 0.6) is 0 Å². The molecule has 0 heterocycles. The second-order valence-electron chi connectivity index (χ2n) is 17.3. The van der Waals surface area contributed by atoms with Crippen LogP contribution in [0, 0.1) is 0 Å². The van der Waals surface area contributed by atoms with Gasteiger partial charge in [-0.3, -0.25) is 18.6 Å². The number of hydrogen-bond donors (Lipinski definition) is 3. The van der Waals surface area contributed by atoms with E-state index in [0.717, 1.165) is 64.2 Å². The zero-order chi connectivity index (χ0) is 49.0. The number of carboxylic acid groups (broad SMARTS) is 1. The summed E-state index contributed by atoms with van der Waals surface area (Å²) in [6.07, 6.45) is 67.6. The molecule has 0 saturated carbocycles. The van der Waals surface area contributed by atoms with Crippen LogP contribution in [-0.4, -0.2) is 60.5 Å². The van der Waals surface area contributed by atoms with Gasteiger partial charge in [0.25, 0.3) is 0 Å². The van der Waals surface area contributed by atoms with Crippen molar-refractivity contribution in [3.8, 4) is 0 Å². The normalized spacial score (nSPS) is 14.4. The summed E-state index contributed by atoms with van der Waals surface area (Å²) in [5.74, 6) is -1.84. The lowest BCUT2D eigenvalue weighted by atomic mass is 10.1. The number of rotatable bonds is 49. The van der Waals surface area contributed by atoms with E-state index in [1.165, 1.54) is 109 Å². The highest BCUT2D eigenvalue weighted by Gasteiger charge is 2.27. The van der Waals surface area contributed by atoms with Gasteiger partial charge in [0.15, 0.2) is 0 Å². The number of hydrogen-bond acceptors (Lipinski definition) is 8. The van der Waals surface area contributed by atoms with Crippen LogP contribution >= 0.6 is 7.82 Å². The summed E-state index contributed by atoms with van der Waals surface area (Å²) < 4.78 is 33.5. The lowest BCUT2D eigenvalue weighted by Crippen LogP contribution is -2.34. The van der Waals surface area contributed by atoms with E-state index in [1.54, 1.807) is 0 Å². The first-order chi connectivity index (χ1) is 32.7. The summed E-state index contributed by atoms with van der Waals surface area (Å²) in [7, 11) is -4.65. The van der Waals surface area contributed by atoms with E-state index < -0.39 is 45.1 Å². The molecule has 0 aliphatic rings. The van der Waals surface area contributed by atoms with Crippen molar-refractivity contribution >= 4 is 19.8 Å². The average Bonchev–Trinajstić information content (AvgIpc) is 3.31. The number of phosphoric acid groups is 1. The molecule has 0 aliphatic carbocycles. The molecule has 3 unspecified atom stereocenters. The van der Waals surface area contributed by atoms with Gasteiger partial charge in [-0.1, -0.05) is 207 Å². The fourth-order valence-corrected chi connectivity index (χ4v) is 7.60. The average molecular weight is 958 g/mol. The number of carbonyl (C=O) groups excluding carboxylic acids is 1. The Bertz CT molecular complexity index is 1430. The van der Waals surface area contributed by atoms with Crippen LogP contribution in [0.3, 0.4) is 0 Å². The summed E-state index contributed by atoms with van der Waals surface area (Å²) in [6.45, 7) is 3.70. The molecule has 10 nitrogen and oxygen atoms in total. The topological polar surface area (TPSA) is 155 Å². The molecular formula is C56H96NO9P. The largest absolute Gasteiger partial charge is 0.480 e. The van der Waals surface area contributed by atoms with E-state index in [2.05, 4.69) is 105 Å². The molecule has 3 atom stereocenters. The molecule has 0 spiro atoms. The minimum atomic E-state index is -4.65. The van der Waals surface area contributed by atoms with Crippen molar-refractivity contribution < 1.29 is 42.7 Å². The van der Waals surface area contributed by atoms with E-state index in [9.17, 15) is 19.0 Å². The van der Waals surface area contributed by atoms with Crippen molar-refractivity contribution in [2.75, 3.05) is 26.4 Å². The van der Waals surface area contributed by atoms with Gasteiger partial charge in [-0.2, -0.15) is 0 Å². The van der Waals surface area contributed by atoms with Gasteiger partial charge in [-0.15, -0.1) is 0 Å².